The Labute approximate surface area is 319 Å². The second kappa shape index (κ2) is 11.7. The molecule has 6 heteroatoms. The smallest absolute Gasteiger partial charge is 0.238 e. The molecule has 0 unspecified atom stereocenters. The number of benzene rings is 8. The van der Waals surface area contributed by atoms with Crippen molar-refractivity contribution in [3.05, 3.63) is 176 Å². The van der Waals surface area contributed by atoms with Crippen molar-refractivity contribution in [2.45, 2.75) is 0 Å². The first-order valence-corrected chi connectivity index (χ1v) is 19.3. The lowest BCUT2D eigenvalue weighted by molar-refractivity contribution is 0.954. The molecule has 4 aromatic heterocycles. The molecule has 0 N–H and O–H groups in total. The van der Waals surface area contributed by atoms with E-state index in [0.717, 1.165) is 44.0 Å². The number of hydrogen-bond acceptors (Lipinski definition) is 4. The van der Waals surface area contributed by atoms with Crippen LogP contribution in [0.4, 0.5) is 0 Å². The molecule has 0 atom stereocenters. The maximum absolute atomic E-state index is 5.40. The van der Waals surface area contributed by atoms with Crippen LogP contribution in [0.5, 0.6) is 0 Å². The van der Waals surface area contributed by atoms with Crippen LogP contribution in [0.3, 0.4) is 0 Å². The lowest BCUT2D eigenvalue weighted by Crippen LogP contribution is -2.06. The van der Waals surface area contributed by atoms with Crippen LogP contribution < -0.4 is 0 Å². The molecule has 0 amide bonds. The predicted octanol–water partition coefficient (Wildman–Crippen LogP) is 12.9. The van der Waals surface area contributed by atoms with E-state index in [2.05, 4.69) is 167 Å². The van der Waals surface area contributed by atoms with Crippen molar-refractivity contribution in [3.8, 4) is 34.4 Å². The van der Waals surface area contributed by atoms with Crippen molar-refractivity contribution in [1.29, 1.82) is 0 Å². The van der Waals surface area contributed by atoms with Gasteiger partial charge < -0.3 is 4.57 Å². The summed E-state index contributed by atoms with van der Waals surface area (Å²) in [5.74, 6) is 1.87. The Morgan fingerprint density at radius 1 is 0.400 bits per heavy atom. The highest BCUT2D eigenvalue weighted by atomic mass is 32.1. The predicted molar refractivity (Wildman–Crippen MR) is 230 cm³/mol. The largest absolute Gasteiger partial charge is 0.309 e. The third-order valence-electron chi connectivity index (χ3n) is 11.0. The van der Waals surface area contributed by atoms with E-state index in [4.69, 9.17) is 15.0 Å². The molecule has 0 fully saturated rings. The zero-order valence-corrected chi connectivity index (χ0v) is 30.2. The van der Waals surface area contributed by atoms with Gasteiger partial charge >= 0.3 is 0 Å². The molecule has 0 spiro atoms. The third kappa shape index (κ3) is 4.49. The van der Waals surface area contributed by atoms with Crippen LogP contribution in [0.2, 0.25) is 0 Å². The van der Waals surface area contributed by atoms with Gasteiger partial charge in [0.2, 0.25) is 5.95 Å². The Morgan fingerprint density at radius 3 is 1.71 bits per heavy atom. The Hall–Kier alpha value is -7.15. The van der Waals surface area contributed by atoms with Crippen molar-refractivity contribution in [3.63, 3.8) is 0 Å². The fraction of sp³-hybridized carbons (Fsp3) is 0. The van der Waals surface area contributed by atoms with E-state index in [-0.39, 0.29) is 0 Å². The number of para-hydroxylation sites is 3. The molecule has 0 radical (unpaired) electrons. The van der Waals surface area contributed by atoms with Gasteiger partial charge in [-0.15, -0.1) is 11.3 Å². The zero-order valence-electron chi connectivity index (χ0n) is 29.4. The average molecular weight is 720 g/mol. The summed E-state index contributed by atoms with van der Waals surface area (Å²) in [5.41, 5.74) is 7.50. The molecule has 55 heavy (non-hydrogen) atoms. The molecular formula is C49H29N5S. The van der Waals surface area contributed by atoms with E-state index in [1.807, 2.05) is 18.2 Å². The maximum atomic E-state index is 5.40. The van der Waals surface area contributed by atoms with E-state index in [0.29, 0.717) is 17.6 Å². The minimum Gasteiger partial charge on any atom is -0.309 e. The fourth-order valence-electron chi connectivity index (χ4n) is 8.56. The number of fused-ring (bicyclic) bond motifs is 11. The highest BCUT2D eigenvalue weighted by molar-refractivity contribution is 7.26. The molecule has 0 aliphatic rings. The van der Waals surface area contributed by atoms with E-state index in [9.17, 15) is 0 Å². The average Bonchev–Trinajstić information content (AvgIpc) is 3.92. The third-order valence-corrected chi connectivity index (χ3v) is 12.2. The van der Waals surface area contributed by atoms with Gasteiger partial charge in [0.25, 0.3) is 0 Å². The van der Waals surface area contributed by atoms with Crippen LogP contribution in [0.15, 0.2) is 176 Å². The Balaban J connectivity index is 1.15. The van der Waals surface area contributed by atoms with Crippen LogP contribution in [0.1, 0.15) is 0 Å². The maximum Gasteiger partial charge on any atom is 0.238 e. The highest BCUT2D eigenvalue weighted by Gasteiger charge is 2.22. The van der Waals surface area contributed by atoms with Crippen molar-refractivity contribution >= 4 is 85.9 Å². The summed E-state index contributed by atoms with van der Waals surface area (Å²) < 4.78 is 7.00. The number of aromatic nitrogens is 5. The van der Waals surface area contributed by atoms with E-state index in [1.165, 1.54) is 47.4 Å². The monoisotopic (exact) mass is 719 g/mol. The summed E-state index contributed by atoms with van der Waals surface area (Å²) in [7, 11) is 0. The molecule has 4 heterocycles. The SMILES string of the molecule is c1ccc(-c2nc(-c3cc4ccccc4c4c3sc3ccccc34)nc(-n3c4ccccc4c4cc(-n5c6ccccc6c6ccccc65)ccc43)n2)cc1. The van der Waals surface area contributed by atoms with Gasteiger partial charge in [0.05, 0.1) is 22.1 Å². The summed E-state index contributed by atoms with van der Waals surface area (Å²) in [6.45, 7) is 0. The molecule has 12 rings (SSSR count). The van der Waals surface area contributed by atoms with Crippen LogP contribution in [-0.4, -0.2) is 24.1 Å². The highest BCUT2D eigenvalue weighted by Crippen LogP contribution is 2.44. The number of thiophene rings is 1. The second-order valence-corrected chi connectivity index (χ2v) is 15.1. The van der Waals surface area contributed by atoms with Gasteiger partial charge in [-0.1, -0.05) is 127 Å². The minimum atomic E-state index is 0.585. The first-order chi connectivity index (χ1) is 27.3. The Morgan fingerprint density at radius 2 is 0.964 bits per heavy atom. The lowest BCUT2D eigenvalue weighted by Gasteiger charge is -2.13. The van der Waals surface area contributed by atoms with Gasteiger partial charge in [0.15, 0.2) is 11.6 Å². The summed E-state index contributed by atoms with van der Waals surface area (Å²) in [6.07, 6.45) is 0. The molecule has 0 saturated heterocycles. The van der Waals surface area contributed by atoms with E-state index in [1.54, 1.807) is 11.3 Å². The zero-order chi connectivity index (χ0) is 36.0. The van der Waals surface area contributed by atoms with Crippen LogP contribution in [0.25, 0.3) is 109 Å². The van der Waals surface area contributed by atoms with Gasteiger partial charge in [-0.2, -0.15) is 9.97 Å². The van der Waals surface area contributed by atoms with Crippen molar-refractivity contribution in [1.82, 2.24) is 24.1 Å². The van der Waals surface area contributed by atoms with Gasteiger partial charge in [-0.05, 0) is 59.3 Å². The molecule has 5 nitrogen and oxygen atoms in total. The van der Waals surface area contributed by atoms with E-state index >= 15 is 0 Å². The molecule has 0 aliphatic heterocycles. The van der Waals surface area contributed by atoms with Crippen LogP contribution in [0, 0.1) is 0 Å². The van der Waals surface area contributed by atoms with E-state index < -0.39 is 0 Å². The summed E-state index contributed by atoms with van der Waals surface area (Å²) in [6, 6.07) is 62.5. The number of rotatable bonds is 4. The quantitative estimate of drug-likeness (QED) is 0.182. The normalized spacial score (nSPS) is 12.0. The molecule has 0 saturated carbocycles. The topological polar surface area (TPSA) is 48.5 Å². The molecular weight excluding hydrogens is 691 g/mol. The Bertz CT molecular complexity index is 3450. The molecule has 0 aliphatic carbocycles. The molecule has 8 aromatic carbocycles. The summed E-state index contributed by atoms with van der Waals surface area (Å²) >= 11 is 1.80. The number of nitrogens with zero attached hydrogens (tertiary/aromatic N) is 5. The van der Waals surface area contributed by atoms with Gasteiger partial charge in [0.1, 0.15) is 0 Å². The molecule has 0 bridgehead atoms. The summed E-state index contributed by atoms with van der Waals surface area (Å²) in [4.78, 5) is 15.9. The molecule has 12 aromatic rings. The first-order valence-electron chi connectivity index (χ1n) is 18.5. The molecule has 256 valence electrons. The van der Waals surface area contributed by atoms with Crippen LogP contribution in [-0.2, 0) is 0 Å². The second-order valence-electron chi connectivity index (χ2n) is 14.0. The number of hydrogen-bond donors (Lipinski definition) is 0. The first kappa shape index (κ1) is 30.3. The standard InChI is InChI=1S/C49H29N5S/c1-2-14-30(15-3-1)47-50-48(39-28-31-16-4-5-17-33(31)45-37-21-9-13-25-44(37)55-46(39)45)52-49(51-47)54-42-24-12-8-20-36(42)38-29-32(26-27-43(38)54)53-40-22-10-6-18-34(40)35-19-7-11-23-41(35)53/h1-29H. The Kier molecular flexibility index (Phi) is 6.44. The van der Waals surface area contributed by atoms with Gasteiger partial charge in [-0.25, -0.2) is 4.98 Å². The van der Waals surface area contributed by atoms with Crippen molar-refractivity contribution < 1.29 is 0 Å². The fourth-order valence-corrected chi connectivity index (χ4v) is 9.79. The summed E-state index contributed by atoms with van der Waals surface area (Å²) in [5, 5.41) is 9.65. The van der Waals surface area contributed by atoms with Gasteiger partial charge in [0, 0.05) is 58.5 Å². The van der Waals surface area contributed by atoms with Crippen molar-refractivity contribution in [2.75, 3.05) is 0 Å². The van der Waals surface area contributed by atoms with Crippen molar-refractivity contribution in [2.24, 2.45) is 0 Å². The lowest BCUT2D eigenvalue weighted by atomic mass is 10.00. The van der Waals surface area contributed by atoms with Crippen LogP contribution >= 0.6 is 11.3 Å². The van der Waals surface area contributed by atoms with Gasteiger partial charge in [-0.3, -0.25) is 4.57 Å². The minimum absolute atomic E-state index is 0.585.